The van der Waals surface area contributed by atoms with Crippen LogP contribution in [0.1, 0.15) is 19.4 Å². The van der Waals surface area contributed by atoms with E-state index in [9.17, 15) is 9.18 Å². The molecular weight excluding hydrogens is 295 g/mol. The first-order chi connectivity index (χ1) is 11.0. The van der Waals surface area contributed by atoms with Crippen LogP contribution in [0.4, 0.5) is 4.39 Å². The van der Waals surface area contributed by atoms with E-state index in [1.54, 1.807) is 24.2 Å². The van der Waals surface area contributed by atoms with Crippen LogP contribution in [-0.2, 0) is 17.9 Å². The smallest absolute Gasteiger partial charge is 0.239 e. The number of hydrogen-bond donors (Lipinski definition) is 1. The quantitative estimate of drug-likeness (QED) is 0.850. The Morgan fingerprint density at radius 3 is 2.83 bits per heavy atom. The molecule has 0 bridgehead atoms. The molecule has 2 rings (SSSR count). The predicted octanol–water partition coefficient (Wildman–Crippen LogP) is 2.05. The summed E-state index contributed by atoms with van der Waals surface area (Å²) >= 11 is 0. The van der Waals surface area contributed by atoms with Gasteiger partial charge in [-0.3, -0.25) is 9.48 Å². The molecule has 2 aromatic rings. The number of nitrogens with zero attached hydrogens (tertiary/aromatic N) is 3. The number of benzene rings is 1. The number of hydrogen-bond acceptors (Lipinski definition) is 3. The second-order valence-corrected chi connectivity index (χ2v) is 5.84. The number of aromatic nitrogens is 2. The molecule has 1 aromatic carbocycles. The Kier molecular flexibility index (Phi) is 5.87. The summed E-state index contributed by atoms with van der Waals surface area (Å²) in [6.07, 6.45) is 3.62. The minimum Gasteiger partial charge on any atom is -0.340 e. The maximum Gasteiger partial charge on any atom is 0.239 e. The zero-order valence-electron chi connectivity index (χ0n) is 13.7. The van der Waals surface area contributed by atoms with Crippen LogP contribution in [0.3, 0.4) is 0 Å². The van der Waals surface area contributed by atoms with Gasteiger partial charge in [0.05, 0.1) is 12.6 Å². The SMILES string of the molecule is CC(Cn1cccn1)NC(C)C(=O)N(C)Cc1cccc(F)c1. The van der Waals surface area contributed by atoms with E-state index in [-0.39, 0.29) is 23.8 Å². The van der Waals surface area contributed by atoms with Crippen molar-refractivity contribution < 1.29 is 9.18 Å². The zero-order chi connectivity index (χ0) is 16.8. The van der Waals surface area contributed by atoms with Crippen molar-refractivity contribution in [3.63, 3.8) is 0 Å². The molecule has 0 saturated heterocycles. The van der Waals surface area contributed by atoms with Gasteiger partial charge in [0.1, 0.15) is 5.82 Å². The molecule has 0 saturated carbocycles. The van der Waals surface area contributed by atoms with Gasteiger partial charge in [-0.05, 0) is 37.6 Å². The summed E-state index contributed by atoms with van der Waals surface area (Å²) in [7, 11) is 1.73. The van der Waals surface area contributed by atoms with Crippen LogP contribution in [0.15, 0.2) is 42.7 Å². The standard InChI is InChI=1S/C17H23FN4O/c1-13(11-22-9-5-8-19-22)20-14(2)17(23)21(3)12-15-6-4-7-16(18)10-15/h4-10,13-14,20H,11-12H2,1-3H3. The first-order valence-corrected chi connectivity index (χ1v) is 7.68. The molecule has 1 amide bonds. The Hall–Kier alpha value is -2.21. The van der Waals surface area contributed by atoms with Gasteiger partial charge < -0.3 is 10.2 Å². The summed E-state index contributed by atoms with van der Waals surface area (Å²) in [5.74, 6) is -0.316. The number of halogens is 1. The van der Waals surface area contributed by atoms with Gasteiger partial charge in [0.25, 0.3) is 0 Å². The van der Waals surface area contributed by atoms with Gasteiger partial charge >= 0.3 is 0 Å². The molecule has 23 heavy (non-hydrogen) atoms. The third kappa shape index (κ3) is 5.17. The molecule has 0 spiro atoms. The van der Waals surface area contributed by atoms with Crippen molar-refractivity contribution >= 4 is 5.91 Å². The average molecular weight is 318 g/mol. The highest BCUT2D eigenvalue weighted by atomic mass is 19.1. The van der Waals surface area contributed by atoms with Gasteiger partial charge in [-0.15, -0.1) is 0 Å². The molecule has 0 aliphatic rings. The first kappa shape index (κ1) is 17.1. The summed E-state index contributed by atoms with van der Waals surface area (Å²) < 4.78 is 15.0. The molecule has 5 nitrogen and oxygen atoms in total. The molecule has 0 radical (unpaired) electrons. The Bertz CT molecular complexity index is 629. The van der Waals surface area contributed by atoms with E-state index in [1.807, 2.05) is 36.9 Å². The second-order valence-electron chi connectivity index (χ2n) is 5.84. The number of amides is 1. The van der Waals surface area contributed by atoms with E-state index in [0.717, 1.165) is 5.56 Å². The lowest BCUT2D eigenvalue weighted by atomic mass is 10.2. The molecule has 1 aromatic heterocycles. The van der Waals surface area contributed by atoms with E-state index in [0.29, 0.717) is 13.1 Å². The Morgan fingerprint density at radius 1 is 1.39 bits per heavy atom. The van der Waals surface area contributed by atoms with Crippen molar-refractivity contribution in [1.82, 2.24) is 20.0 Å². The minimum atomic E-state index is -0.320. The molecule has 0 aliphatic carbocycles. The van der Waals surface area contributed by atoms with Crippen LogP contribution in [0, 0.1) is 5.82 Å². The highest BCUT2D eigenvalue weighted by Gasteiger charge is 2.19. The van der Waals surface area contributed by atoms with Crippen molar-refractivity contribution in [3.05, 3.63) is 54.1 Å². The summed E-state index contributed by atoms with van der Waals surface area (Å²) in [6, 6.07) is 7.96. The molecular formula is C17H23FN4O. The predicted molar refractivity (Wildman–Crippen MR) is 87.2 cm³/mol. The molecule has 1 N–H and O–H groups in total. The lowest BCUT2D eigenvalue weighted by molar-refractivity contribution is -0.132. The van der Waals surface area contributed by atoms with Gasteiger partial charge in [0.15, 0.2) is 0 Å². The fraction of sp³-hybridized carbons (Fsp3) is 0.412. The van der Waals surface area contributed by atoms with Crippen LogP contribution in [-0.4, -0.2) is 39.7 Å². The second kappa shape index (κ2) is 7.87. The van der Waals surface area contributed by atoms with Gasteiger partial charge in [-0.2, -0.15) is 5.10 Å². The van der Waals surface area contributed by atoms with E-state index in [4.69, 9.17) is 0 Å². The summed E-state index contributed by atoms with van der Waals surface area (Å²) in [5.41, 5.74) is 0.776. The topological polar surface area (TPSA) is 50.2 Å². The summed E-state index contributed by atoms with van der Waals surface area (Å²) in [4.78, 5) is 14.0. The van der Waals surface area contributed by atoms with Crippen molar-refractivity contribution in [2.24, 2.45) is 0 Å². The van der Waals surface area contributed by atoms with E-state index in [1.165, 1.54) is 12.1 Å². The van der Waals surface area contributed by atoms with Gasteiger partial charge in [-0.25, -0.2) is 4.39 Å². The van der Waals surface area contributed by atoms with Gasteiger partial charge in [0.2, 0.25) is 5.91 Å². The maximum atomic E-state index is 13.2. The minimum absolute atomic E-state index is 0.0263. The van der Waals surface area contributed by atoms with Crippen molar-refractivity contribution in [1.29, 1.82) is 0 Å². The number of carbonyl (C=O) groups excluding carboxylic acids is 1. The third-order valence-electron chi connectivity index (χ3n) is 3.61. The van der Waals surface area contributed by atoms with Crippen molar-refractivity contribution in [2.45, 2.75) is 39.0 Å². The molecule has 1 heterocycles. The lowest BCUT2D eigenvalue weighted by Crippen LogP contribution is -2.47. The van der Waals surface area contributed by atoms with Gasteiger partial charge in [-0.1, -0.05) is 12.1 Å². The Balaban J connectivity index is 1.85. The van der Waals surface area contributed by atoms with E-state index < -0.39 is 0 Å². The van der Waals surface area contributed by atoms with Crippen LogP contribution in [0.5, 0.6) is 0 Å². The maximum absolute atomic E-state index is 13.2. The fourth-order valence-electron chi connectivity index (χ4n) is 2.56. The number of nitrogens with one attached hydrogen (secondary N) is 1. The molecule has 124 valence electrons. The Labute approximate surface area is 136 Å². The average Bonchev–Trinajstić information content (AvgIpc) is 2.99. The Morgan fingerprint density at radius 2 is 2.17 bits per heavy atom. The van der Waals surface area contributed by atoms with Crippen LogP contribution < -0.4 is 5.32 Å². The molecule has 0 fully saturated rings. The van der Waals surface area contributed by atoms with Crippen LogP contribution in [0.25, 0.3) is 0 Å². The van der Waals surface area contributed by atoms with Gasteiger partial charge in [0, 0.05) is 32.0 Å². The lowest BCUT2D eigenvalue weighted by Gasteiger charge is -2.25. The summed E-state index contributed by atoms with van der Waals surface area (Å²) in [5, 5.41) is 7.42. The number of carbonyl (C=O) groups is 1. The third-order valence-corrected chi connectivity index (χ3v) is 3.61. The monoisotopic (exact) mass is 318 g/mol. The zero-order valence-corrected chi connectivity index (χ0v) is 13.7. The largest absolute Gasteiger partial charge is 0.340 e. The number of likely N-dealkylation sites (N-methyl/N-ethyl adjacent to an activating group) is 1. The first-order valence-electron chi connectivity index (χ1n) is 7.68. The van der Waals surface area contributed by atoms with Crippen molar-refractivity contribution in [3.8, 4) is 0 Å². The van der Waals surface area contributed by atoms with E-state index in [2.05, 4.69) is 10.4 Å². The molecule has 2 unspecified atom stereocenters. The number of rotatable bonds is 7. The highest BCUT2D eigenvalue weighted by Crippen LogP contribution is 2.07. The molecule has 0 aliphatic heterocycles. The summed E-state index contributed by atoms with van der Waals surface area (Å²) in [6.45, 7) is 4.93. The molecule has 6 heteroatoms. The fourth-order valence-corrected chi connectivity index (χ4v) is 2.56. The van der Waals surface area contributed by atoms with Crippen molar-refractivity contribution in [2.75, 3.05) is 7.05 Å². The van der Waals surface area contributed by atoms with Crippen LogP contribution >= 0.6 is 0 Å². The normalized spacial score (nSPS) is 13.6. The van der Waals surface area contributed by atoms with Crippen LogP contribution in [0.2, 0.25) is 0 Å². The highest BCUT2D eigenvalue weighted by molar-refractivity contribution is 5.81. The molecule has 2 atom stereocenters. The van der Waals surface area contributed by atoms with E-state index >= 15 is 0 Å².